The molecule has 0 spiro atoms. The molecule has 1 aromatic carbocycles. The lowest BCUT2D eigenvalue weighted by atomic mass is 9.87. The van der Waals surface area contributed by atoms with Crippen LogP contribution in [-0.4, -0.2) is 40.0 Å². The molecule has 5 heteroatoms. The van der Waals surface area contributed by atoms with Crippen molar-refractivity contribution in [2.45, 2.75) is 36.5 Å². The maximum absolute atomic E-state index is 13.0. The van der Waals surface area contributed by atoms with Gasteiger partial charge in [-0.3, -0.25) is 4.79 Å². The van der Waals surface area contributed by atoms with Crippen LogP contribution in [0, 0.1) is 11.7 Å². The summed E-state index contributed by atoms with van der Waals surface area (Å²) >= 11 is 1.67. The van der Waals surface area contributed by atoms with Crippen molar-refractivity contribution in [3.8, 4) is 0 Å². The molecule has 1 aliphatic heterocycles. The second-order valence-electron chi connectivity index (χ2n) is 6.32. The Balaban J connectivity index is 1.57. The Kier molecular flexibility index (Phi) is 4.46. The van der Waals surface area contributed by atoms with Crippen LogP contribution in [0.15, 0.2) is 24.3 Å². The summed E-state index contributed by atoms with van der Waals surface area (Å²) in [4.78, 5) is 14.5. The van der Waals surface area contributed by atoms with Gasteiger partial charge in [0.1, 0.15) is 5.82 Å². The lowest BCUT2D eigenvalue weighted by Crippen LogP contribution is -2.44. The molecule has 1 aliphatic carbocycles. The summed E-state index contributed by atoms with van der Waals surface area (Å²) in [6, 6.07) is 6.05. The Morgan fingerprint density at radius 3 is 2.41 bits per heavy atom. The van der Waals surface area contributed by atoms with Crippen molar-refractivity contribution in [3.63, 3.8) is 0 Å². The summed E-state index contributed by atoms with van der Waals surface area (Å²) in [6.07, 6.45) is 5.02. The normalized spacial score (nSPS) is 22.4. The first-order valence-corrected chi connectivity index (χ1v) is 9.06. The molecule has 22 heavy (non-hydrogen) atoms. The van der Waals surface area contributed by atoms with E-state index in [0.717, 1.165) is 31.2 Å². The third-order valence-corrected chi connectivity index (χ3v) is 6.33. The average Bonchev–Trinajstić information content (AvgIpc) is 3.36. The Morgan fingerprint density at radius 1 is 1.32 bits per heavy atom. The zero-order chi connectivity index (χ0) is 15.7. The van der Waals surface area contributed by atoms with Gasteiger partial charge in [0, 0.05) is 13.1 Å². The summed E-state index contributed by atoms with van der Waals surface area (Å²) in [7, 11) is 0. The SMILES string of the molecule is CSC1(C(=O)N2CCC([C@H](O)c3ccc(F)cc3)CC2)CC1. The maximum Gasteiger partial charge on any atom is 0.238 e. The highest BCUT2D eigenvalue weighted by Crippen LogP contribution is 2.49. The van der Waals surface area contributed by atoms with E-state index in [1.54, 1.807) is 23.9 Å². The summed E-state index contributed by atoms with van der Waals surface area (Å²) < 4.78 is 12.8. The second kappa shape index (κ2) is 6.20. The quantitative estimate of drug-likeness (QED) is 0.926. The first kappa shape index (κ1) is 15.8. The molecule has 2 aliphatic rings. The minimum absolute atomic E-state index is 0.138. The number of rotatable bonds is 4. The van der Waals surface area contributed by atoms with Gasteiger partial charge in [-0.25, -0.2) is 4.39 Å². The lowest BCUT2D eigenvalue weighted by Gasteiger charge is -2.36. The van der Waals surface area contributed by atoms with Crippen LogP contribution >= 0.6 is 11.8 Å². The van der Waals surface area contributed by atoms with Gasteiger partial charge in [-0.05, 0) is 55.6 Å². The molecule has 0 bridgehead atoms. The minimum atomic E-state index is -0.576. The molecule has 0 unspecified atom stereocenters. The lowest BCUT2D eigenvalue weighted by molar-refractivity contribution is -0.133. The topological polar surface area (TPSA) is 40.5 Å². The average molecular weight is 323 g/mol. The molecule has 1 saturated carbocycles. The molecule has 120 valence electrons. The zero-order valence-electron chi connectivity index (χ0n) is 12.8. The predicted molar refractivity (Wildman–Crippen MR) is 86.1 cm³/mol. The van der Waals surface area contributed by atoms with Crippen LogP contribution in [0.5, 0.6) is 0 Å². The molecule has 1 atom stereocenters. The van der Waals surface area contributed by atoms with E-state index in [4.69, 9.17) is 0 Å². The van der Waals surface area contributed by atoms with E-state index in [0.29, 0.717) is 13.1 Å². The number of carbonyl (C=O) groups is 1. The Hall–Kier alpha value is -1.07. The van der Waals surface area contributed by atoms with Gasteiger partial charge in [0.15, 0.2) is 0 Å². The van der Waals surface area contributed by atoms with Crippen molar-refractivity contribution in [2.75, 3.05) is 19.3 Å². The Bertz CT molecular complexity index is 536. The number of nitrogens with zero attached hydrogens (tertiary/aromatic N) is 1. The number of carbonyl (C=O) groups excluding carboxylic acids is 1. The van der Waals surface area contributed by atoms with Crippen molar-refractivity contribution in [1.82, 2.24) is 4.90 Å². The molecule has 2 fully saturated rings. The number of likely N-dealkylation sites (tertiary alicyclic amines) is 1. The molecular formula is C17H22FNO2S. The molecule has 1 saturated heterocycles. The van der Waals surface area contributed by atoms with Crippen molar-refractivity contribution in [2.24, 2.45) is 5.92 Å². The molecule has 3 rings (SSSR count). The smallest absolute Gasteiger partial charge is 0.238 e. The van der Waals surface area contributed by atoms with Gasteiger partial charge in [0.2, 0.25) is 5.91 Å². The van der Waals surface area contributed by atoms with E-state index in [-0.39, 0.29) is 22.4 Å². The third kappa shape index (κ3) is 3.01. The Morgan fingerprint density at radius 2 is 1.91 bits per heavy atom. The fraction of sp³-hybridized carbons (Fsp3) is 0.588. The fourth-order valence-corrected chi connectivity index (χ4v) is 4.07. The van der Waals surface area contributed by atoms with Crippen LogP contribution in [0.25, 0.3) is 0 Å². The van der Waals surface area contributed by atoms with Gasteiger partial charge in [-0.15, -0.1) is 11.8 Å². The third-order valence-electron chi connectivity index (χ3n) is 4.97. The maximum atomic E-state index is 13.0. The molecule has 1 N–H and O–H groups in total. The van der Waals surface area contributed by atoms with E-state index in [1.165, 1.54) is 12.1 Å². The number of amides is 1. The highest BCUT2D eigenvalue weighted by Gasteiger charge is 2.51. The predicted octanol–water partition coefficient (Wildman–Crippen LogP) is 2.99. The van der Waals surface area contributed by atoms with E-state index >= 15 is 0 Å². The van der Waals surface area contributed by atoms with Crippen LogP contribution in [-0.2, 0) is 4.79 Å². The highest BCUT2D eigenvalue weighted by atomic mass is 32.2. The summed E-state index contributed by atoms with van der Waals surface area (Å²) in [5.74, 6) is 0.122. The van der Waals surface area contributed by atoms with Gasteiger partial charge in [-0.2, -0.15) is 0 Å². The molecular weight excluding hydrogens is 301 g/mol. The van der Waals surface area contributed by atoms with Crippen LogP contribution < -0.4 is 0 Å². The molecule has 1 amide bonds. The first-order chi connectivity index (χ1) is 10.6. The number of benzene rings is 1. The fourth-order valence-electron chi connectivity index (χ4n) is 3.26. The van der Waals surface area contributed by atoms with E-state index < -0.39 is 6.10 Å². The number of hydrogen-bond donors (Lipinski definition) is 1. The van der Waals surface area contributed by atoms with Crippen LogP contribution in [0.1, 0.15) is 37.4 Å². The molecule has 0 radical (unpaired) electrons. The van der Waals surface area contributed by atoms with E-state index in [9.17, 15) is 14.3 Å². The van der Waals surface area contributed by atoms with Gasteiger partial charge >= 0.3 is 0 Å². The number of thioether (sulfide) groups is 1. The Labute approximate surface area is 134 Å². The molecule has 1 aromatic rings. The van der Waals surface area contributed by atoms with Gasteiger partial charge in [-0.1, -0.05) is 12.1 Å². The number of aliphatic hydroxyl groups is 1. The van der Waals surface area contributed by atoms with Crippen molar-refractivity contribution in [1.29, 1.82) is 0 Å². The van der Waals surface area contributed by atoms with Gasteiger partial charge in [0.05, 0.1) is 10.9 Å². The molecule has 1 heterocycles. The highest BCUT2D eigenvalue weighted by molar-refractivity contribution is 8.01. The summed E-state index contributed by atoms with van der Waals surface area (Å²) in [5.41, 5.74) is 0.758. The van der Waals surface area contributed by atoms with Crippen LogP contribution in [0.2, 0.25) is 0 Å². The van der Waals surface area contributed by atoms with Crippen LogP contribution in [0.3, 0.4) is 0 Å². The largest absolute Gasteiger partial charge is 0.388 e. The van der Waals surface area contributed by atoms with Crippen molar-refractivity contribution < 1.29 is 14.3 Å². The van der Waals surface area contributed by atoms with E-state index in [2.05, 4.69) is 0 Å². The second-order valence-corrected chi connectivity index (χ2v) is 7.51. The zero-order valence-corrected chi connectivity index (χ0v) is 13.6. The molecule has 0 aromatic heterocycles. The van der Waals surface area contributed by atoms with E-state index in [1.807, 2.05) is 11.2 Å². The van der Waals surface area contributed by atoms with Gasteiger partial charge in [0.25, 0.3) is 0 Å². The van der Waals surface area contributed by atoms with Gasteiger partial charge < -0.3 is 10.0 Å². The van der Waals surface area contributed by atoms with Crippen molar-refractivity contribution in [3.05, 3.63) is 35.6 Å². The van der Waals surface area contributed by atoms with Crippen LogP contribution in [0.4, 0.5) is 4.39 Å². The summed E-state index contributed by atoms with van der Waals surface area (Å²) in [5, 5.41) is 10.4. The number of hydrogen-bond acceptors (Lipinski definition) is 3. The number of aliphatic hydroxyl groups excluding tert-OH is 1. The molecule has 3 nitrogen and oxygen atoms in total. The monoisotopic (exact) mass is 323 g/mol. The first-order valence-electron chi connectivity index (χ1n) is 7.84. The minimum Gasteiger partial charge on any atom is -0.388 e. The number of piperidine rings is 1. The summed E-state index contributed by atoms with van der Waals surface area (Å²) in [6.45, 7) is 1.42. The van der Waals surface area contributed by atoms with Crippen molar-refractivity contribution >= 4 is 17.7 Å². The standard InChI is InChI=1S/C17H22FNO2S/c1-22-17(8-9-17)16(21)19-10-6-13(7-11-19)15(20)12-2-4-14(18)5-3-12/h2-5,13,15,20H,6-11H2,1H3/t15-/m1/s1. The number of halogens is 1.